The molecular formula is C25H26ClN7OS. The number of amides is 1. The molecule has 4 aromatic rings. The summed E-state index contributed by atoms with van der Waals surface area (Å²) in [5, 5.41) is 2.03. The molecule has 2 aliphatic heterocycles. The van der Waals surface area contributed by atoms with Gasteiger partial charge in [0.05, 0.1) is 17.6 Å². The van der Waals surface area contributed by atoms with Crippen molar-refractivity contribution < 1.29 is 4.79 Å². The molecule has 0 spiro atoms. The van der Waals surface area contributed by atoms with Crippen molar-refractivity contribution in [1.29, 1.82) is 0 Å². The van der Waals surface area contributed by atoms with Crippen molar-refractivity contribution in [2.24, 2.45) is 5.92 Å². The lowest BCUT2D eigenvalue weighted by Crippen LogP contribution is -2.55. The number of hydrogen-bond acceptors (Lipinski definition) is 7. The van der Waals surface area contributed by atoms with E-state index in [1.54, 1.807) is 0 Å². The number of nitrogens with zero attached hydrogens (tertiary/aromatic N) is 6. The van der Waals surface area contributed by atoms with Crippen LogP contribution in [0.25, 0.3) is 22.1 Å². The Balaban J connectivity index is 1.08. The maximum absolute atomic E-state index is 13.7. The number of likely N-dealkylation sites (tertiary alicyclic amines) is 1. The zero-order chi connectivity index (χ0) is 23.7. The maximum Gasteiger partial charge on any atom is 0.227 e. The number of halogens is 1. The van der Waals surface area contributed by atoms with E-state index in [1.807, 2.05) is 12.1 Å². The zero-order valence-electron chi connectivity index (χ0n) is 19.4. The molecule has 8 nitrogen and oxygen atoms in total. The van der Waals surface area contributed by atoms with Gasteiger partial charge in [0.15, 0.2) is 5.65 Å². The molecule has 0 unspecified atom stereocenters. The summed E-state index contributed by atoms with van der Waals surface area (Å²) in [7, 11) is 2.16. The van der Waals surface area contributed by atoms with Crippen LogP contribution in [0.15, 0.2) is 30.3 Å². The van der Waals surface area contributed by atoms with Crippen molar-refractivity contribution in [2.75, 3.05) is 44.7 Å². The van der Waals surface area contributed by atoms with Crippen LogP contribution in [0.2, 0.25) is 5.15 Å². The van der Waals surface area contributed by atoms with E-state index in [0.29, 0.717) is 17.6 Å². The van der Waals surface area contributed by atoms with Gasteiger partial charge < -0.3 is 19.7 Å². The lowest BCUT2D eigenvalue weighted by atomic mass is 9.72. The average Bonchev–Trinajstić information content (AvgIpc) is 3.48. The largest absolute Gasteiger partial charge is 0.353 e. The number of hydrogen-bond donors (Lipinski definition) is 1. The van der Waals surface area contributed by atoms with E-state index in [2.05, 4.69) is 58.7 Å². The Kier molecular flexibility index (Phi) is 5.01. The third kappa shape index (κ3) is 3.43. The second-order valence-corrected chi connectivity index (χ2v) is 10.9. The Morgan fingerprint density at radius 3 is 2.86 bits per heavy atom. The van der Waals surface area contributed by atoms with Crippen molar-refractivity contribution >= 4 is 57.1 Å². The van der Waals surface area contributed by atoms with Crippen LogP contribution in [-0.2, 0) is 11.2 Å². The summed E-state index contributed by atoms with van der Waals surface area (Å²) in [6.45, 7) is 3.79. The SMILES string of the molecule is CN1C[C@H](C(=O)N2CCN(c3ccc4nsnc4n3)CC2)C[C@@H]2c3cccc4[nH]c(Cl)c(c34)C[C@H]21. The first-order valence-corrected chi connectivity index (χ1v) is 13.3. The Morgan fingerprint density at radius 2 is 2.00 bits per heavy atom. The Bertz CT molecular complexity index is 1440. The first-order chi connectivity index (χ1) is 17.1. The molecule has 3 aromatic heterocycles. The van der Waals surface area contributed by atoms with Gasteiger partial charge in [0, 0.05) is 55.6 Å². The van der Waals surface area contributed by atoms with Crippen LogP contribution in [0.4, 0.5) is 5.82 Å². The molecule has 3 aliphatic rings. The smallest absolute Gasteiger partial charge is 0.227 e. The summed E-state index contributed by atoms with van der Waals surface area (Å²) in [4.78, 5) is 28.4. The van der Waals surface area contributed by atoms with Crippen LogP contribution in [0.1, 0.15) is 23.5 Å². The molecule has 1 amide bonds. The molecule has 1 aliphatic carbocycles. The molecule has 0 bridgehead atoms. The molecule has 10 heteroatoms. The van der Waals surface area contributed by atoms with Crippen LogP contribution < -0.4 is 4.90 Å². The second-order valence-electron chi connectivity index (χ2n) is 10.0. The van der Waals surface area contributed by atoms with Crippen molar-refractivity contribution in [1.82, 2.24) is 28.5 Å². The van der Waals surface area contributed by atoms with E-state index in [4.69, 9.17) is 11.6 Å². The highest BCUT2D eigenvalue weighted by Crippen LogP contribution is 2.46. The third-order valence-electron chi connectivity index (χ3n) is 8.17. The van der Waals surface area contributed by atoms with Crippen molar-refractivity contribution in [3.8, 4) is 0 Å². The normalized spacial score (nSPS) is 24.8. The summed E-state index contributed by atoms with van der Waals surface area (Å²) in [5.74, 6) is 1.55. The summed E-state index contributed by atoms with van der Waals surface area (Å²) in [6.07, 6.45) is 1.83. The minimum absolute atomic E-state index is 0.00887. The fourth-order valence-electron chi connectivity index (χ4n) is 6.43. The zero-order valence-corrected chi connectivity index (χ0v) is 21.0. The van der Waals surface area contributed by atoms with Crippen LogP contribution >= 0.6 is 23.3 Å². The van der Waals surface area contributed by atoms with Crippen LogP contribution in [0.3, 0.4) is 0 Å². The summed E-state index contributed by atoms with van der Waals surface area (Å²) < 4.78 is 8.50. The topological polar surface area (TPSA) is 81.2 Å². The number of piperidine rings is 1. The quantitative estimate of drug-likeness (QED) is 0.447. The van der Waals surface area contributed by atoms with E-state index in [-0.39, 0.29) is 11.8 Å². The van der Waals surface area contributed by atoms with Crippen molar-refractivity contribution in [2.45, 2.75) is 24.8 Å². The van der Waals surface area contributed by atoms with Gasteiger partial charge in [0.25, 0.3) is 0 Å². The van der Waals surface area contributed by atoms with Gasteiger partial charge >= 0.3 is 0 Å². The van der Waals surface area contributed by atoms with Gasteiger partial charge in [-0.15, -0.1) is 0 Å². The van der Waals surface area contributed by atoms with Gasteiger partial charge in [-0.2, -0.15) is 8.75 Å². The lowest BCUT2D eigenvalue weighted by Gasteiger charge is -2.46. The molecule has 180 valence electrons. The highest BCUT2D eigenvalue weighted by Gasteiger charge is 2.43. The standard InChI is InChI=1S/C25H26ClN7OS/c1-31-13-14(11-16-15-3-2-4-18-22(15)17(12-20(16)31)23(26)27-18)25(34)33-9-7-32(8-10-33)21-6-5-19-24(28-21)30-35-29-19/h2-6,14,16,20,27H,7-13H2,1H3/t14-,16-,20-/m1/s1. The molecule has 1 N–H and O–H groups in total. The van der Waals surface area contributed by atoms with Gasteiger partial charge in [-0.3, -0.25) is 4.79 Å². The number of anilines is 1. The van der Waals surface area contributed by atoms with Gasteiger partial charge in [-0.25, -0.2) is 4.98 Å². The number of fused-ring (bicyclic) bond motifs is 3. The van der Waals surface area contributed by atoms with Crippen LogP contribution in [0.5, 0.6) is 0 Å². The first-order valence-electron chi connectivity index (χ1n) is 12.2. The number of carbonyl (C=O) groups excluding carboxylic acids is 1. The molecule has 2 saturated heterocycles. The molecule has 0 saturated carbocycles. The third-order valence-corrected chi connectivity index (χ3v) is 9.02. The van der Waals surface area contributed by atoms with E-state index >= 15 is 0 Å². The number of likely N-dealkylation sites (N-methyl/N-ethyl adjacent to an activating group) is 1. The monoisotopic (exact) mass is 507 g/mol. The van der Waals surface area contributed by atoms with Crippen molar-refractivity contribution in [3.63, 3.8) is 0 Å². The number of pyridine rings is 1. The Morgan fingerprint density at radius 1 is 1.14 bits per heavy atom. The molecule has 3 atom stereocenters. The summed E-state index contributed by atoms with van der Waals surface area (Å²) >= 11 is 7.75. The molecule has 7 rings (SSSR count). The van der Waals surface area contributed by atoms with Gasteiger partial charge in [-0.1, -0.05) is 23.7 Å². The fourth-order valence-corrected chi connectivity index (χ4v) is 7.18. The molecule has 1 aromatic carbocycles. The summed E-state index contributed by atoms with van der Waals surface area (Å²) in [5.41, 5.74) is 5.20. The predicted molar refractivity (Wildman–Crippen MR) is 138 cm³/mol. The van der Waals surface area contributed by atoms with E-state index in [9.17, 15) is 4.79 Å². The number of aromatic nitrogens is 4. The fraction of sp³-hybridized carbons (Fsp3) is 0.440. The second kappa shape index (κ2) is 8.15. The van der Waals surface area contributed by atoms with E-state index in [1.165, 1.54) is 28.2 Å². The van der Waals surface area contributed by atoms with E-state index < -0.39 is 0 Å². The van der Waals surface area contributed by atoms with Crippen LogP contribution in [0, 0.1) is 5.92 Å². The number of nitrogens with one attached hydrogen (secondary N) is 1. The van der Waals surface area contributed by atoms with Gasteiger partial charge in [0.1, 0.15) is 16.5 Å². The van der Waals surface area contributed by atoms with Crippen LogP contribution in [-0.4, -0.2) is 80.2 Å². The highest BCUT2D eigenvalue weighted by molar-refractivity contribution is 7.00. The average molecular weight is 508 g/mol. The first kappa shape index (κ1) is 21.5. The number of rotatable bonds is 2. The van der Waals surface area contributed by atoms with Crippen molar-refractivity contribution in [3.05, 3.63) is 46.6 Å². The minimum atomic E-state index is 0.00887. The van der Waals surface area contributed by atoms with E-state index in [0.717, 1.165) is 67.6 Å². The number of H-pyrrole nitrogens is 1. The molecular weight excluding hydrogens is 482 g/mol. The summed E-state index contributed by atoms with van der Waals surface area (Å²) in [6, 6.07) is 10.8. The Labute approximate surface area is 212 Å². The van der Waals surface area contributed by atoms with Gasteiger partial charge in [-0.05, 0) is 49.2 Å². The molecule has 2 fully saturated rings. The lowest BCUT2D eigenvalue weighted by molar-refractivity contribution is -0.138. The molecule has 5 heterocycles. The minimum Gasteiger partial charge on any atom is -0.353 e. The van der Waals surface area contributed by atoms with Gasteiger partial charge in [0.2, 0.25) is 5.91 Å². The highest BCUT2D eigenvalue weighted by atomic mass is 35.5. The number of aromatic amines is 1. The Hall–Kier alpha value is -2.75. The number of carbonyl (C=O) groups is 1. The molecule has 0 radical (unpaired) electrons. The molecule has 35 heavy (non-hydrogen) atoms. The predicted octanol–water partition coefficient (Wildman–Crippen LogP) is 3.53. The number of piperazine rings is 1. The number of benzene rings is 1. The maximum atomic E-state index is 13.7.